The van der Waals surface area contributed by atoms with E-state index in [-0.39, 0.29) is 18.2 Å². The Hall–Kier alpha value is -2.02. The highest BCUT2D eigenvalue weighted by molar-refractivity contribution is 5.80. The van der Waals surface area contributed by atoms with Crippen LogP contribution in [-0.2, 0) is 16.1 Å². The van der Waals surface area contributed by atoms with Crippen LogP contribution in [0.2, 0.25) is 0 Å². The fraction of sp³-hybridized carbons (Fsp3) is 0.438. The zero-order valence-corrected chi connectivity index (χ0v) is 12.9. The van der Waals surface area contributed by atoms with Gasteiger partial charge >= 0.3 is 6.18 Å². The Kier molecular flexibility index (Phi) is 7.61. The molecular weight excluding hydrogens is 311 g/mol. The van der Waals surface area contributed by atoms with Crippen LogP contribution in [0.3, 0.4) is 0 Å². The molecule has 0 aliphatic carbocycles. The van der Waals surface area contributed by atoms with Crippen molar-refractivity contribution in [2.24, 2.45) is 0 Å². The van der Waals surface area contributed by atoms with Gasteiger partial charge in [-0.05, 0) is 31.0 Å². The Morgan fingerprint density at radius 1 is 1.35 bits per heavy atom. The monoisotopic (exact) mass is 331 g/mol. The van der Waals surface area contributed by atoms with Crippen LogP contribution < -0.4 is 10.1 Å². The number of rotatable bonds is 9. The molecule has 1 atom stereocenters. The van der Waals surface area contributed by atoms with Gasteiger partial charge in [-0.1, -0.05) is 18.2 Å². The molecule has 7 heteroatoms. The summed E-state index contributed by atoms with van der Waals surface area (Å²) in [7, 11) is 0. The van der Waals surface area contributed by atoms with Crippen molar-refractivity contribution in [2.45, 2.75) is 32.2 Å². The Morgan fingerprint density at radius 2 is 2.00 bits per heavy atom. The quantitative estimate of drug-likeness (QED) is 0.558. The average Bonchev–Trinajstić information content (AvgIpc) is 2.51. The number of carbonyl (C=O) groups is 1. The zero-order chi connectivity index (χ0) is 17.3. The molecule has 0 fully saturated rings. The molecule has 0 spiro atoms. The number of hydrogen-bond acceptors (Lipinski definition) is 3. The lowest BCUT2D eigenvalue weighted by molar-refractivity contribution is -0.153. The fourth-order valence-corrected chi connectivity index (χ4v) is 1.61. The van der Waals surface area contributed by atoms with Gasteiger partial charge in [0, 0.05) is 6.54 Å². The molecule has 4 nitrogen and oxygen atoms in total. The number of halogens is 3. The maximum Gasteiger partial charge on any atom is 0.422 e. The summed E-state index contributed by atoms with van der Waals surface area (Å²) in [5, 5.41) is 2.69. The minimum Gasteiger partial charge on any atom is -0.484 e. The van der Waals surface area contributed by atoms with E-state index >= 15 is 0 Å². The minimum atomic E-state index is -4.37. The maximum absolute atomic E-state index is 12.0. The summed E-state index contributed by atoms with van der Waals surface area (Å²) in [6.45, 7) is 4.55. The van der Waals surface area contributed by atoms with Gasteiger partial charge in [-0.2, -0.15) is 13.2 Å². The van der Waals surface area contributed by atoms with Gasteiger partial charge in [0.1, 0.15) is 11.9 Å². The van der Waals surface area contributed by atoms with Gasteiger partial charge in [0.05, 0.1) is 6.61 Å². The third-order valence-electron chi connectivity index (χ3n) is 2.85. The molecule has 1 N–H and O–H groups in total. The molecule has 0 aromatic heterocycles. The first-order chi connectivity index (χ1) is 10.8. The largest absolute Gasteiger partial charge is 0.484 e. The number of nitrogens with one attached hydrogen (secondary N) is 1. The molecule has 0 saturated heterocycles. The van der Waals surface area contributed by atoms with E-state index in [1.807, 2.05) is 0 Å². The topological polar surface area (TPSA) is 47.6 Å². The van der Waals surface area contributed by atoms with Crippen LogP contribution in [0.1, 0.15) is 18.9 Å². The Bertz CT molecular complexity index is 500. The van der Waals surface area contributed by atoms with E-state index in [2.05, 4.69) is 16.6 Å². The predicted molar refractivity (Wildman–Crippen MR) is 80.1 cm³/mol. The molecular formula is C16H20F3NO3. The van der Waals surface area contributed by atoms with Crippen LogP contribution in [0.15, 0.2) is 36.9 Å². The molecule has 23 heavy (non-hydrogen) atoms. The van der Waals surface area contributed by atoms with Crippen LogP contribution in [-0.4, -0.2) is 31.4 Å². The SMILES string of the molecule is C=CCCOC(C)C(=O)NCc1ccc(OCC(F)(F)F)cc1. The molecule has 0 radical (unpaired) electrons. The van der Waals surface area contributed by atoms with Crippen molar-refractivity contribution >= 4 is 5.91 Å². The van der Waals surface area contributed by atoms with E-state index < -0.39 is 18.9 Å². The van der Waals surface area contributed by atoms with E-state index in [1.165, 1.54) is 12.1 Å². The zero-order valence-electron chi connectivity index (χ0n) is 12.9. The summed E-state index contributed by atoms with van der Waals surface area (Å²) in [4.78, 5) is 11.8. The summed E-state index contributed by atoms with van der Waals surface area (Å²) in [5.41, 5.74) is 0.746. The van der Waals surface area contributed by atoms with E-state index in [9.17, 15) is 18.0 Å². The van der Waals surface area contributed by atoms with Gasteiger partial charge in [0.2, 0.25) is 5.91 Å². The van der Waals surface area contributed by atoms with Crippen molar-refractivity contribution in [2.75, 3.05) is 13.2 Å². The van der Waals surface area contributed by atoms with Crippen LogP contribution in [0.25, 0.3) is 0 Å². The van der Waals surface area contributed by atoms with Crippen LogP contribution in [0, 0.1) is 0 Å². The number of carbonyl (C=O) groups excluding carboxylic acids is 1. The lowest BCUT2D eigenvalue weighted by Gasteiger charge is -2.13. The second-order valence-electron chi connectivity index (χ2n) is 4.86. The fourth-order valence-electron chi connectivity index (χ4n) is 1.61. The number of alkyl halides is 3. The van der Waals surface area contributed by atoms with Gasteiger partial charge in [0.15, 0.2) is 6.61 Å². The van der Waals surface area contributed by atoms with Crippen molar-refractivity contribution in [1.82, 2.24) is 5.32 Å². The van der Waals surface area contributed by atoms with Gasteiger partial charge in [0.25, 0.3) is 0 Å². The van der Waals surface area contributed by atoms with Crippen LogP contribution in [0.4, 0.5) is 13.2 Å². The molecule has 0 aliphatic rings. The lowest BCUT2D eigenvalue weighted by atomic mass is 10.2. The Labute approximate surface area is 133 Å². The third-order valence-corrected chi connectivity index (χ3v) is 2.85. The first-order valence-electron chi connectivity index (χ1n) is 7.10. The van der Waals surface area contributed by atoms with Gasteiger partial charge in [-0.3, -0.25) is 4.79 Å². The van der Waals surface area contributed by atoms with Crippen molar-refractivity contribution < 1.29 is 27.4 Å². The molecule has 1 unspecified atom stereocenters. The third kappa shape index (κ3) is 8.25. The standard InChI is InChI=1S/C16H20F3NO3/c1-3-4-9-22-12(2)15(21)20-10-13-5-7-14(8-6-13)23-11-16(17,18)19/h3,5-8,12H,1,4,9-11H2,2H3,(H,20,21). The molecule has 1 aromatic carbocycles. The summed E-state index contributed by atoms with van der Waals surface area (Å²) in [5.74, 6) is -0.134. The van der Waals surface area contributed by atoms with Crippen molar-refractivity contribution in [3.05, 3.63) is 42.5 Å². The Balaban J connectivity index is 2.37. The molecule has 1 rings (SSSR count). The lowest BCUT2D eigenvalue weighted by Crippen LogP contribution is -2.34. The number of ether oxygens (including phenoxy) is 2. The normalized spacial score (nSPS) is 12.5. The van der Waals surface area contributed by atoms with Crippen molar-refractivity contribution in [3.8, 4) is 5.75 Å². The number of benzene rings is 1. The van der Waals surface area contributed by atoms with E-state index in [0.29, 0.717) is 13.0 Å². The predicted octanol–water partition coefficient (Wildman–Crippen LogP) is 3.23. The van der Waals surface area contributed by atoms with Crippen LogP contribution in [0.5, 0.6) is 5.75 Å². The van der Waals surface area contributed by atoms with E-state index in [4.69, 9.17) is 4.74 Å². The summed E-state index contributed by atoms with van der Waals surface area (Å²) >= 11 is 0. The molecule has 0 bridgehead atoms. The Morgan fingerprint density at radius 3 is 2.57 bits per heavy atom. The van der Waals surface area contributed by atoms with Crippen LogP contribution >= 0.6 is 0 Å². The molecule has 1 amide bonds. The average molecular weight is 331 g/mol. The first kappa shape index (κ1) is 19.0. The smallest absolute Gasteiger partial charge is 0.422 e. The summed E-state index contributed by atoms with van der Waals surface area (Å²) in [6, 6.07) is 6.04. The molecule has 1 aromatic rings. The number of amides is 1. The second-order valence-corrected chi connectivity index (χ2v) is 4.86. The van der Waals surface area contributed by atoms with Gasteiger partial charge in [-0.25, -0.2) is 0 Å². The van der Waals surface area contributed by atoms with E-state index in [0.717, 1.165) is 5.56 Å². The molecule has 0 aliphatic heterocycles. The second kappa shape index (κ2) is 9.19. The minimum absolute atomic E-state index is 0.124. The summed E-state index contributed by atoms with van der Waals surface area (Å²) in [6.07, 6.45) is -2.58. The summed E-state index contributed by atoms with van der Waals surface area (Å²) < 4.78 is 46.0. The number of hydrogen-bond donors (Lipinski definition) is 1. The van der Waals surface area contributed by atoms with Gasteiger partial charge in [-0.15, -0.1) is 6.58 Å². The highest BCUT2D eigenvalue weighted by atomic mass is 19.4. The van der Waals surface area contributed by atoms with Crippen molar-refractivity contribution in [1.29, 1.82) is 0 Å². The molecule has 0 heterocycles. The van der Waals surface area contributed by atoms with Gasteiger partial charge < -0.3 is 14.8 Å². The van der Waals surface area contributed by atoms with E-state index in [1.54, 1.807) is 25.1 Å². The molecule has 128 valence electrons. The first-order valence-corrected chi connectivity index (χ1v) is 7.10. The highest BCUT2D eigenvalue weighted by Crippen LogP contribution is 2.18. The van der Waals surface area contributed by atoms with Crippen molar-refractivity contribution in [3.63, 3.8) is 0 Å². The highest BCUT2D eigenvalue weighted by Gasteiger charge is 2.28. The molecule has 0 saturated carbocycles. The maximum atomic E-state index is 12.0.